The van der Waals surface area contributed by atoms with Crippen LogP contribution in [0.1, 0.15) is 75.3 Å². The number of Topliss-reactive ketones (excluding diaryl/α,β-unsaturated/α-hetero) is 1. The second-order valence-electron chi connectivity index (χ2n) is 9.97. The van der Waals surface area contributed by atoms with Gasteiger partial charge in [0.05, 0.1) is 17.6 Å². The summed E-state index contributed by atoms with van der Waals surface area (Å²) in [5.74, 6) is -0.0201. The molecule has 2 fully saturated rings. The van der Waals surface area contributed by atoms with Crippen molar-refractivity contribution in [3.05, 3.63) is 34.2 Å². The molecule has 1 unspecified atom stereocenters. The monoisotopic (exact) mass is 483 g/mol. The molecule has 0 saturated carbocycles. The average Bonchev–Trinajstić information content (AvgIpc) is 3.09. The number of hydrogen-bond donors (Lipinski definition) is 2. The van der Waals surface area contributed by atoms with Gasteiger partial charge in [-0.15, -0.1) is 0 Å². The van der Waals surface area contributed by atoms with Gasteiger partial charge in [0.25, 0.3) is 0 Å². The molecule has 190 valence electrons. The first kappa shape index (κ1) is 25.3. The number of aryl methyl sites for hydroxylation is 1. The molecule has 2 aliphatic heterocycles. The van der Waals surface area contributed by atoms with Crippen LogP contribution >= 0.6 is 0 Å². The molecule has 2 amide bonds. The van der Waals surface area contributed by atoms with Crippen molar-refractivity contribution < 1.29 is 14.4 Å². The minimum Gasteiger partial charge on any atom is -0.330 e. The van der Waals surface area contributed by atoms with Gasteiger partial charge in [0.2, 0.25) is 11.8 Å². The van der Waals surface area contributed by atoms with E-state index in [0.29, 0.717) is 36.6 Å². The number of aromatic nitrogens is 2. The van der Waals surface area contributed by atoms with E-state index in [1.807, 2.05) is 6.07 Å². The molecule has 9 nitrogen and oxygen atoms in total. The van der Waals surface area contributed by atoms with Gasteiger partial charge in [-0.1, -0.05) is 18.9 Å². The van der Waals surface area contributed by atoms with Crippen LogP contribution in [0.25, 0.3) is 11.0 Å². The lowest BCUT2D eigenvalue weighted by atomic mass is 9.89. The molecule has 3 N–H and O–H groups in total. The van der Waals surface area contributed by atoms with E-state index < -0.39 is 11.9 Å². The summed E-state index contributed by atoms with van der Waals surface area (Å²) in [4.78, 5) is 51.5. The maximum atomic E-state index is 13.0. The number of hydrogen-bond acceptors (Lipinski definition) is 6. The Labute approximate surface area is 205 Å². The normalized spacial score (nSPS) is 19.9. The van der Waals surface area contributed by atoms with Crippen molar-refractivity contribution in [2.75, 3.05) is 26.2 Å². The lowest BCUT2D eigenvalue weighted by molar-refractivity contribution is -0.135. The van der Waals surface area contributed by atoms with Crippen LogP contribution in [0, 0.1) is 0 Å². The quantitative estimate of drug-likeness (QED) is 0.394. The SMILES string of the molecule is Cn1c(=O)n(C2CCC(=O)NC2=O)c2ccc(C3CCN(CC(=O)CCCCCCN)CC3)cc21. The third-order valence-corrected chi connectivity index (χ3v) is 7.50. The minimum absolute atomic E-state index is 0.229. The number of benzene rings is 1. The van der Waals surface area contributed by atoms with E-state index in [0.717, 1.165) is 63.7 Å². The van der Waals surface area contributed by atoms with Gasteiger partial charge in [0, 0.05) is 19.9 Å². The summed E-state index contributed by atoms with van der Waals surface area (Å²) in [6, 6.07) is 5.37. The molecule has 2 aromatic rings. The fourth-order valence-electron chi connectivity index (χ4n) is 5.44. The van der Waals surface area contributed by atoms with Crippen LogP contribution in [0.2, 0.25) is 0 Å². The first-order valence-corrected chi connectivity index (χ1v) is 12.9. The van der Waals surface area contributed by atoms with Gasteiger partial charge in [-0.25, -0.2) is 4.79 Å². The zero-order chi connectivity index (χ0) is 24.9. The summed E-state index contributed by atoms with van der Waals surface area (Å²) >= 11 is 0. The molecular weight excluding hydrogens is 446 g/mol. The third kappa shape index (κ3) is 5.73. The van der Waals surface area contributed by atoms with Gasteiger partial charge in [0.15, 0.2) is 0 Å². The molecule has 0 aliphatic carbocycles. The molecular formula is C26H37N5O4. The summed E-state index contributed by atoms with van der Waals surface area (Å²) in [5, 5.41) is 2.35. The Hall–Kier alpha value is -2.78. The maximum absolute atomic E-state index is 13.0. The molecule has 0 bridgehead atoms. The number of nitrogens with one attached hydrogen (secondary N) is 1. The zero-order valence-electron chi connectivity index (χ0n) is 20.6. The molecule has 0 radical (unpaired) electrons. The number of ketones is 1. The number of imide groups is 1. The Morgan fingerprint density at radius 1 is 1.03 bits per heavy atom. The topological polar surface area (TPSA) is 119 Å². The summed E-state index contributed by atoms with van der Waals surface area (Å²) in [6.07, 6.45) is 7.30. The Kier molecular flexibility index (Phi) is 8.18. The fraction of sp³-hybridized carbons (Fsp3) is 0.615. The van der Waals surface area contributed by atoms with Crippen LogP contribution in [0.3, 0.4) is 0 Å². The molecule has 3 heterocycles. The van der Waals surface area contributed by atoms with Crippen LogP contribution in [0.4, 0.5) is 0 Å². The molecule has 2 saturated heterocycles. The Morgan fingerprint density at radius 3 is 2.49 bits per heavy atom. The number of fused-ring (bicyclic) bond motifs is 1. The molecule has 4 rings (SSSR count). The van der Waals surface area contributed by atoms with E-state index in [2.05, 4.69) is 22.3 Å². The predicted molar refractivity (Wildman–Crippen MR) is 134 cm³/mol. The minimum atomic E-state index is -0.670. The smallest absolute Gasteiger partial charge is 0.329 e. The van der Waals surface area contributed by atoms with Gasteiger partial charge in [-0.2, -0.15) is 0 Å². The number of carbonyl (C=O) groups excluding carboxylic acids is 3. The molecule has 1 atom stereocenters. The number of nitrogens with zero attached hydrogens (tertiary/aromatic N) is 3. The largest absolute Gasteiger partial charge is 0.330 e. The average molecular weight is 484 g/mol. The summed E-state index contributed by atoms with van der Waals surface area (Å²) < 4.78 is 3.11. The second kappa shape index (κ2) is 11.3. The zero-order valence-corrected chi connectivity index (χ0v) is 20.6. The van der Waals surface area contributed by atoms with E-state index in [1.54, 1.807) is 11.6 Å². The number of imidazole rings is 1. The highest BCUT2D eigenvalue weighted by Gasteiger charge is 2.31. The summed E-state index contributed by atoms with van der Waals surface area (Å²) in [7, 11) is 1.72. The van der Waals surface area contributed by atoms with Crippen LogP contribution in [-0.4, -0.2) is 57.8 Å². The molecule has 2 aliphatic rings. The van der Waals surface area contributed by atoms with E-state index in [-0.39, 0.29) is 18.0 Å². The highest BCUT2D eigenvalue weighted by atomic mass is 16.2. The van der Waals surface area contributed by atoms with Crippen molar-refractivity contribution in [3.8, 4) is 0 Å². The van der Waals surface area contributed by atoms with Gasteiger partial charge in [-0.3, -0.25) is 33.7 Å². The maximum Gasteiger partial charge on any atom is 0.329 e. The van der Waals surface area contributed by atoms with E-state index in [9.17, 15) is 19.2 Å². The molecule has 1 aromatic carbocycles. The van der Waals surface area contributed by atoms with Crippen molar-refractivity contribution in [1.29, 1.82) is 0 Å². The Balaban J connectivity index is 1.38. The standard InChI is InChI=1S/C26H37N5O4/c1-29-23-16-19(7-8-21(23)31(26(29)35)22-9-10-24(33)28-25(22)34)18-11-14-30(15-12-18)17-20(32)6-4-2-3-5-13-27/h7-8,16,18,22H,2-6,9-15,17,27H2,1H3,(H,28,33,34). The highest BCUT2D eigenvalue weighted by molar-refractivity contribution is 6.00. The van der Waals surface area contributed by atoms with Gasteiger partial charge in [-0.05, 0) is 75.4 Å². The lowest BCUT2D eigenvalue weighted by Gasteiger charge is -2.31. The van der Waals surface area contributed by atoms with Crippen molar-refractivity contribution >= 4 is 28.6 Å². The van der Waals surface area contributed by atoms with Gasteiger partial charge < -0.3 is 5.73 Å². The molecule has 9 heteroatoms. The first-order chi connectivity index (χ1) is 16.9. The number of carbonyl (C=O) groups is 3. The van der Waals surface area contributed by atoms with Gasteiger partial charge in [0.1, 0.15) is 11.8 Å². The predicted octanol–water partition coefficient (Wildman–Crippen LogP) is 1.98. The van der Waals surface area contributed by atoms with Crippen molar-refractivity contribution in [2.45, 2.75) is 69.7 Å². The van der Waals surface area contributed by atoms with Crippen LogP contribution in [0.5, 0.6) is 0 Å². The van der Waals surface area contributed by atoms with Gasteiger partial charge >= 0.3 is 5.69 Å². The number of nitrogens with two attached hydrogens (primary N) is 1. The molecule has 35 heavy (non-hydrogen) atoms. The van der Waals surface area contributed by atoms with E-state index in [1.165, 1.54) is 10.1 Å². The van der Waals surface area contributed by atoms with Crippen LogP contribution in [-0.2, 0) is 21.4 Å². The van der Waals surface area contributed by atoms with E-state index >= 15 is 0 Å². The number of amides is 2. The van der Waals surface area contributed by atoms with E-state index in [4.69, 9.17) is 5.73 Å². The molecule has 0 spiro atoms. The highest BCUT2D eigenvalue weighted by Crippen LogP contribution is 2.31. The fourth-order valence-corrected chi connectivity index (χ4v) is 5.44. The Morgan fingerprint density at radius 2 is 1.77 bits per heavy atom. The third-order valence-electron chi connectivity index (χ3n) is 7.50. The number of likely N-dealkylation sites (tertiary alicyclic amines) is 1. The number of rotatable bonds is 10. The van der Waals surface area contributed by atoms with Crippen molar-refractivity contribution in [1.82, 2.24) is 19.4 Å². The number of unbranched alkanes of at least 4 members (excludes halogenated alkanes) is 3. The molecule has 1 aromatic heterocycles. The second-order valence-corrected chi connectivity index (χ2v) is 9.97. The van der Waals surface area contributed by atoms with Crippen LogP contribution in [0.15, 0.2) is 23.0 Å². The number of piperidine rings is 2. The summed E-state index contributed by atoms with van der Waals surface area (Å²) in [6.45, 7) is 3.03. The Bertz CT molecular complexity index is 1140. The summed E-state index contributed by atoms with van der Waals surface area (Å²) in [5.41, 5.74) is 7.96. The van der Waals surface area contributed by atoms with Crippen LogP contribution < -0.4 is 16.7 Å². The lowest BCUT2D eigenvalue weighted by Crippen LogP contribution is -2.44. The van der Waals surface area contributed by atoms with Crippen molar-refractivity contribution in [3.63, 3.8) is 0 Å². The van der Waals surface area contributed by atoms with Crippen molar-refractivity contribution in [2.24, 2.45) is 12.8 Å². The first-order valence-electron chi connectivity index (χ1n) is 12.9.